The zero-order valence-electron chi connectivity index (χ0n) is 12.4. The molecule has 0 aliphatic rings. The number of hydrogen-bond acceptors (Lipinski definition) is 1. The molecule has 0 bridgehead atoms. The van der Waals surface area contributed by atoms with Crippen LogP contribution in [0.25, 0.3) is 0 Å². The second kappa shape index (κ2) is 20.0. The van der Waals surface area contributed by atoms with Gasteiger partial charge in [0.05, 0.1) is 0 Å². The zero-order valence-corrected chi connectivity index (χ0v) is 13.8. The molecule has 0 spiro atoms. The number of hydrogen-bond donors (Lipinski definition) is 1. The molecule has 115 valence electrons. The molecule has 0 aliphatic heterocycles. The van der Waals surface area contributed by atoms with Crippen molar-refractivity contribution in [2.24, 2.45) is 0 Å². The first-order valence-corrected chi connectivity index (χ1v) is 8.02. The molecule has 0 aromatic rings. The first-order valence-electron chi connectivity index (χ1n) is 8.02. The third-order valence-electron chi connectivity index (χ3n) is 3.51. The molecular formula is C16H34AgO. The molecule has 0 atom stereocenters. The van der Waals surface area contributed by atoms with Gasteiger partial charge in [0.15, 0.2) is 0 Å². The predicted octanol–water partition coefficient (Wildman–Crippen LogP) is 5.46. The standard InChI is InChI=1S/C16H34O.Ag/c1-2-3-4-5-6-7-8-9-10-11-12-13-14-15-16-17;/h17H,2-16H2,1H3;. The van der Waals surface area contributed by atoms with Gasteiger partial charge in [-0.2, -0.15) is 0 Å². The minimum Gasteiger partial charge on any atom is -0.396 e. The molecule has 1 nitrogen and oxygen atoms in total. The number of unbranched alkanes of at least 4 members (excludes halogenated alkanes) is 13. The molecular weight excluding hydrogens is 316 g/mol. The monoisotopic (exact) mass is 349 g/mol. The van der Waals surface area contributed by atoms with Crippen LogP contribution < -0.4 is 0 Å². The Balaban J connectivity index is 0. The van der Waals surface area contributed by atoms with E-state index in [0.717, 1.165) is 6.42 Å². The Hall–Kier alpha value is 0.700. The van der Waals surface area contributed by atoms with Gasteiger partial charge >= 0.3 is 0 Å². The summed E-state index contributed by atoms with van der Waals surface area (Å²) in [5.41, 5.74) is 0. The van der Waals surface area contributed by atoms with Crippen molar-refractivity contribution in [2.75, 3.05) is 6.61 Å². The normalized spacial score (nSPS) is 10.3. The topological polar surface area (TPSA) is 20.2 Å². The van der Waals surface area contributed by atoms with Crippen molar-refractivity contribution in [3.05, 3.63) is 0 Å². The fourth-order valence-corrected chi connectivity index (χ4v) is 2.31. The van der Waals surface area contributed by atoms with Gasteiger partial charge in [-0.25, -0.2) is 0 Å². The molecule has 0 heterocycles. The fraction of sp³-hybridized carbons (Fsp3) is 1.00. The number of aliphatic hydroxyl groups excluding tert-OH is 1. The van der Waals surface area contributed by atoms with E-state index in [1.165, 1.54) is 83.5 Å². The SMILES string of the molecule is CCCCCCCCCCCCCCCCO.[Ag]. The van der Waals surface area contributed by atoms with Crippen LogP contribution in [0.15, 0.2) is 0 Å². The third kappa shape index (κ3) is 19.0. The number of aliphatic hydroxyl groups is 1. The summed E-state index contributed by atoms with van der Waals surface area (Å²) >= 11 is 0. The molecule has 0 amide bonds. The smallest absolute Gasteiger partial charge is 0.0431 e. The average Bonchev–Trinajstić information content (AvgIpc) is 2.35. The molecule has 0 aliphatic carbocycles. The zero-order chi connectivity index (χ0) is 12.6. The van der Waals surface area contributed by atoms with Crippen LogP contribution in [-0.2, 0) is 22.4 Å². The minimum absolute atomic E-state index is 0. The molecule has 0 rings (SSSR count). The van der Waals surface area contributed by atoms with Crippen LogP contribution >= 0.6 is 0 Å². The van der Waals surface area contributed by atoms with Crippen LogP contribution in [0.2, 0.25) is 0 Å². The van der Waals surface area contributed by atoms with Gasteiger partial charge in [0.25, 0.3) is 0 Å². The largest absolute Gasteiger partial charge is 0.396 e. The summed E-state index contributed by atoms with van der Waals surface area (Å²) in [6.45, 7) is 2.65. The molecule has 1 radical (unpaired) electrons. The quantitative estimate of drug-likeness (QED) is 0.326. The van der Waals surface area contributed by atoms with E-state index in [4.69, 9.17) is 5.11 Å². The van der Waals surface area contributed by atoms with Crippen LogP contribution in [0, 0.1) is 0 Å². The van der Waals surface area contributed by atoms with Crippen LogP contribution in [0.3, 0.4) is 0 Å². The van der Waals surface area contributed by atoms with Gasteiger partial charge in [-0.05, 0) is 6.42 Å². The average molecular weight is 350 g/mol. The Morgan fingerprint density at radius 1 is 0.500 bits per heavy atom. The first-order chi connectivity index (χ1) is 8.41. The van der Waals surface area contributed by atoms with Crippen molar-refractivity contribution in [1.29, 1.82) is 0 Å². The summed E-state index contributed by atoms with van der Waals surface area (Å²) in [5.74, 6) is 0. The summed E-state index contributed by atoms with van der Waals surface area (Å²) in [4.78, 5) is 0. The molecule has 18 heavy (non-hydrogen) atoms. The second-order valence-corrected chi connectivity index (χ2v) is 5.32. The molecule has 2 heteroatoms. The Labute approximate surface area is 131 Å². The summed E-state index contributed by atoms with van der Waals surface area (Å²) in [6, 6.07) is 0. The maximum atomic E-state index is 8.64. The maximum Gasteiger partial charge on any atom is 0.0431 e. The van der Waals surface area contributed by atoms with Crippen LogP contribution in [0.4, 0.5) is 0 Å². The molecule has 0 aromatic carbocycles. The minimum atomic E-state index is 0. The van der Waals surface area contributed by atoms with E-state index in [9.17, 15) is 0 Å². The molecule has 0 saturated heterocycles. The summed E-state index contributed by atoms with van der Waals surface area (Å²) in [6.07, 6.45) is 19.2. The predicted molar refractivity (Wildman–Crippen MR) is 77.4 cm³/mol. The van der Waals surface area contributed by atoms with Gasteiger partial charge in [0.1, 0.15) is 0 Å². The van der Waals surface area contributed by atoms with Gasteiger partial charge in [0, 0.05) is 29.0 Å². The summed E-state index contributed by atoms with van der Waals surface area (Å²) in [5, 5.41) is 8.64. The van der Waals surface area contributed by atoms with Gasteiger partial charge in [-0.1, -0.05) is 90.4 Å². The maximum absolute atomic E-state index is 8.64. The summed E-state index contributed by atoms with van der Waals surface area (Å²) < 4.78 is 0. The Kier molecular flexibility index (Phi) is 23.4. The van der Waals surface area contributed by atoms with E-state index in [2.05, 4.69) is 6.92 Å². The Bertz CT molecular complexity index is 114. The fourth-order valence-electron chi connectivity index (χ4n) is 2.31. The Morgan fingerprint density at radius 2 is 0.778 bits per heavy atom. The molecule has 0 fully saturated rings. The van der Waals surface area contributed by atoms with E-state index >= 15 is 0 Å². The van der Waals surface area contributed by atoms with E-state index < -0.39 is 0 Å². The third-order valence-corrected chi connectivity index (χ3v) is 3.51. The van der Waals surface area contributed by atoms with E-state index in [1.54, 1.807) is 0 Å². The van der Waals surface area contributed by atoms with Crippen LogP contribution in [-0.4, -0.2) is 11.7 Å². The van der Waals surface area contributed by atoms with Crippen molar-refractivity contribution < 1.29 is 27.5 Å². The van der Waals surface area contributed by atoms with Gasteiger partial charge in [0.2, 0.25) is 0 Å². The van der Waals surface area contributed by atoms with E-state index in [1.807, 2.05) is 0 Å². The molecule has 1 N–H and O–H groups in total. The van der Waals surface area contributed by atoms with Crippen molar-refractivity contribution >= 4 is 0 Å². The van der Waals surface area contributed by atoms with Crippen molar-refractivity contribution in [3.8, 4) is 0 Å². The Morgan fingerprint density at radius 3 is 1.06 bits per heavy atom. The second-order valence-electron chi connectivity index (χ2n) is 5.32. The number of rotatable bonds is 14. The first kappa shape index (κ1) is 21.0. The summed E-state index contributed by atoms with van der Waals surface area (Å²) in [7, 11) is 0. The molecule has 0 saturated carbocycles. The van der Waals surface area contributed by atoms with Gasteiger partial charge < -0.3 is 5.11 Å². The molecule has 0 unspecified atom stereocenters. The van der Waals surface area contributed by atoms with Crippen molar-refractivity contribution in [2.45, 2.75) is 96.8 Å². The van der Waals surface area contributed by atoms with Gasteiger partial charge in [-0.15, -0.1) is 0 Å². The van der Waals surface area contributed by atoms with E-state index in [-0.39, 0.29) is 22.4 Å². The van der Waals surface area contributed by atoms with E-state index in [0.29, 0.717) is 6.61 Å². The van der Waals surface area contributed by atoms with Crippen LogP contribution in [0.1, 0.15) is 96.8 Å². The van der Waals surface area contributed by atoms with Crippen LogP contribution in [0.5, 0.6) is 0 Å². The van der Waals surface area contributed by atoms with Crippen molar-refractivity contribution in [3.63, 3.8) is 0 Å². The van der Waals surface area contributed by atoms with Crippen molar-refractivity contribution in [1.82, 2.24) is 0 Å². The molecule has 0 aromatic heterocycles. The van der Waals surface area contributed by atoms with Gasteiger partial charge in [-0.3, -0.25) is 0 Å².